The number of carbonyl (C=O) groups is 2. The molecule has 3 N–H and O–H groups in total. The molecular weight excluding hydrogens is 256 g/mol. The Hall–Kier alpha value is -2.56. The number of aryl methyl sites for hydroxylation is 1. The molecule has 5 nitrogen and oxygen atoms in total. The van der Waals surface area contributed by atoms with Crippen LogP contribution in [0.25, 0.3) is 0 Å². The number of hydrogen-bond acceptors (Lipinski definition) is 3. The Morgan fingerprint density at radius 3 is 2.50 bits per heavy atom. The molecule has 0 aliphatic heterocycles. The third-order valence-corrected chi connectivity index (χ3v) is 2.85. The molecule has 0 saturated carbocycles. The third kappa shape index (κ3) is 3.98. The van der Waals surface area contributed by atoms with Crippen molar-refractivity contribution in [2.45, 2.75) is 19.4 Å². The number of carbonyl (C=O) groups excluding carboxylic acids is 2. The second kappa shape index (κ2) is 6.56. The molecule has 0 fully saturated rings. The van der Waals surface area contributed by atoms with Gasteiger partial charge in [0.25, 0.3) is 5.91 Å². The van der Waals surface area contributed by atoms with Crippen molar-refractivity contribution >= 4 is 11.8 Å². The van der Waals surface area contributed by atoms with E-state index in [2.05, 4.69) is 5.32 Å². The summed E-state index contributed by atoms with van der Waals surface area (Å²) in [6.45, 7) is 0.251. The molecule has 20 heavy (non-hydrogen) atoms. The molecule has 5 heteroatoms. The predicted molar refractivity (Wildman–Crippen MR) is 73.8 cm³/mol. The Morgan fingerprint density at radius 1 is 1.10 bits per heavy atom. The minimum Gasteiger partial charge on any atom is -0.454 e. The molecule has 0 unspecified atom stereocenters. The Morgan fingerprint density at radius 2 is 1.85 bits per heavy atom. The molecule has 0 saturated heterocycles. The van der Waals surface area contributed by atoms with Crippen LogP contribution in [0.1, 0.15) is 28.3 Å². The lowest BCUT2D eigenvalue weighted by Crippen LogP contribution is -2.22. The first kappa shape index (κ1) is 13.9. The number of amides is 2. The molecule has 2 aromatic rings. The summed E-state index contributed by atoms with van der Waals surface area (Å²) >= 11 is 0. The van der Waals surface area contributed by atoms with Crippen molar-refractivity contribution in [2.75, 3.05) is 0 Å². The summed E-state index contributed by atoms with van der Waals surface area (Å²) in [6.07, 6.45) is 1.10. The second-order valence-corrected chi connectivity index (χ2v) is 4.39. The molecule has 0 spiro atoms. The lowest BCUT2D eigenvalue weighted by molar-refractivity contribution is -0.121. The van der Waals surface area contributed by atoms with Crippen LogP contribution >= 0.6 is 0 Å². The van der Waals surface area contributed by atoms with Gasteiger partial charge in [-0.05, 0) is 24.1 Å². The van der Waals surface area contributed by atoms with E-state index in [1.54, 1.807) is 6.07 Å². The van der Waals surface area contributed by atoms with E-state index in [0.717, 1.165) is 5.56 Å². The molecule has 2 rings (SSSR count). The SMILES string of the molecule is NC(=O)c1ccc(CNC(=O)CCc2ccccc2)o1. The number of benzene rings is 1. The molecule has 104 valence electrons. The largest absolute Gasteiger partial charge is 0.454 e. The summed E-state index contributed by atoms with van der Waals surface area (Å²) in [4.78, 5) is 22.5. The summed E-state index contributed by atoms with van der Waals surface area (Å²) in [5.41, 5.74) is 6.20. The van der Waals surface area contributed by atoms with Gasteiger partial charge in [0.1, 0.15) is 5.76 Å². The van der Waals surface area contributed by atoms with Crippen LogP contribution in [0.4, 0.5) is 0 Å². The van der Waals surface area contributed by atoms with Gasteiger partial charge >= 0.3 is 0 Å². The summed E-state index contributed by atoms with van der Waals surface area (Å²) in [6, 6.07) is 12.9. The zero-order valence-electron chi connectivity index (χ0n) is 11.0. The molecule has 0 aliphatic rings. The van der Waals surface area contributed by atoms with E-state index in [4.69, 9.17) is 10.2 Å². The lowest BCUT2D eigenvalue weighted by atomic mass is 10.1. The molecule has 2 amide bonds. The monoisotopic (exact) mass is 272 g/mol. The number of furan rings is 1. The van der Waals surface area contributed by atoms with Gasteiger partial charge < -0.3 is 15.5 Å². The Kier molecular flexibility index (Phi) is 4.55. The average molecular weight is 272 g/mol. The van der Waals surface area contributed by atoms with Gasteiger partial charge in [-0.2, -0.15) is 0 Å². The van der Waals surface area contributed by atoms with E-state index in [0.29, 0.717) is 18.6 Å². The molecule has 0 radical (unpaired) electrons. The minimum absolute atomic E-state index is 0.0640. The van der Waals surface area contributed by atoms with E-state index in [1.807, 2.05) is 30.3 Å². The van der Waals surface area contributed by atoms with Gasteiger partial charge in [0.05, 0.1) is 6.54 Å². The second-order valence-electron chi connectivity index (χ2n) is 4.39. The average Bonchev–Trinajstić information content (AvgIpc) is 2.93. The third-order valence-electron chi connectivity index (χ3n) is 2.85. The van der Waals surface area contributed by atoms with Crippen LogP contribution in [0.15, 0.2) is 46.9 Å². The van der Waals surface area contributed by atoms with E-state index >= 15 is 0 Å². The highest BCUT2D eigenvalue weighted by atomic mass is 16.4. The summed E-state index contributed by atoms with van der Waals surface area (Å²) in [5, 5.41) is 2.74. The normalized spacial score (nSPS) is 10.2. The van der Waals surface area contributed by atoms with Gasteiger partial charge in [-0.25, -0.2) is 0 Å². The van der Waals surface area contributed by atoms with Crippen LogP contribution in [-0.2, 0) is 17.8 Å². The first-order chi connectivity index (χ1) is 9.65. The standard InChI is InChI=1S/C15H16N2O3/c16-15(19)13-8-7-12(20-13)10-17-14(18)9-6-11-4-2-1-3-5-11/h1-5,7-8H,6,9-10H2,(H2,16,19)(H,17,18). The van der Waals surface area contributed by atoms with Gasteiger partial charge in [0, 0.05) is 6.42 Å². The number of nitrogens with one attached hydrogen (secondary N) is 1. The van der Waals surface area contributed by atoms with Crippen molar-refractivity contribution in [3.8, 4) is 0 Å². The van der Waals surface area contributed by atoms with Gasteiger partial charge in [0.2, 0.25) is 5.91 Å². The molecule has 0 aliphatic carbocycles. The fourth-order valence-corrected chi connectivity index (χ4v) is 1.78. The van der Waals surface area contributed by atoms with Crippen LogP contribution in [0.3, 0.4) is 0 Å². The smallest absolute Gasteiger partial charge is 0.284 e. The van der Waals surface area contributed by atoms with Crippen molar-refractivity contribution in [1.82, 2.24) is 5.32 Å². The number of nitrogens with two attached hydrogens (primary N) is 1. The highest BCUT2D eigenvalue weighted by molar-refractivity contribution is 5.89. The Bertz CT molecular complexity index is 590. The first-order valence-corrected chi connectivity index (χ1v) is 6.34. The topological polar surface area (TPSA) is 85.3 Å². The van der Waals surface area contributed by atoms with Gasteiger partial charge in [-0.3, -0.25) is 9.59 Å². The molecule has 1 heterocycles. The van der Waals surface area contributed by atoms with Crippen LogP contribution in [0.2, 0.25) is 0 Å². The first-order valence-electron chi connectivity index (χ1n) is 6.34. The van der Waals surface area contributed by atoms with Crippen molar-refractivity contribution in [2.24, 2.45) is 5.73 Å². The highest BCUT2D eigenvalue weighted by Gasteiger charge is 2.08. The van der Waals surface area contributed by atoms with Crippen LogP contribution in [0.5, 0.6) is 0 Å². The summed E-state index contributed by atoms with van der Waals surface area (Å²) < 4.78 is 5.17. The maximum Gasteiger partial charge on any atom is 0.284 e. The van der Waals surface area contributed by atoms with E-state index < -0.39 is 5.91 Å². The fourth-order valence-electron chi connectivity index (χ4n) is 1.78. The molecule has 1 aromatic carbocycles. The molecule has 0 bridgehead atoms. The van der Waals surface area contributed by atoms with Crippen molar-refractivity contribution in [3.63, 3.8) is 0 Å². The van der Waals surface area contributed by atoms with Gasteiger partial charge in [-0.15, -0.1) is 0 Å². The van der Waals surface area contributed by atoms with E-state index in [1.165, 1.54) is 6.07 Å². The maximum atomic E-state index is 11.7. The quantitative estimate of drug-likeness (QED) is 0.838. The number of hydrogen-bond donors (Lipinski definition) is 2. The molecule has 1 aromatic heterocycles. The zero-order chi connectivity index (χ0) is 14.4. The van der Waals surface area contributed by atoms with Gasteiger partial charge in [-0.1, -0.05) is 30.3 Å². The van der Waals surface area contributed by atoms with Gasteiger partial charge in [0.15, 0.2) is 5.76 Å². The van der Waals surface area contributed by atoms with Crippen molar-refractivity contribution in [3.05, 3.63) is 59.5 Å². The lowest BCUT2D eigenvalue weighted by Gasteiger charge is -2.03. The van der Waals surface area contributed by atoms with Crippen molar-refractivity contribution < 1.29 is 14.0 Å². The zero-order valence-corrected chi connectivity index (χ0v) is 11.0. The minimum atomic E-state index is -0.619. The Labute approximate surface area is 116 Å². The van der Waals surface area contributed by atoms with Crippen molar-refractivity contribution in [1.29, 1.82) is 0 Å². The predicted octanol–water partition coefficient (Wildman–Crippen LogP) is 1.63. The summed E-state index contributed by atoms with van der Waals surface area (Å²) in [5.74, 6) is -0.0806. The van der Waals surface area contributed by atoms with Crippen LogP contribution in [-0.4, -0.2) is 11.8 Å². The summed E-state index contributed by atoms with van der Waals surface area (Å²) in [7, 11) is 0. The Balaban J connectivity index is 1.76. The highest BCUT2D eigenvalue weighted by Crippen LogP contribution is 2.07. The maximum absolute atomic E-state index is 11.7. The van der Waals surface area contributed by atoms with Crippen LogP contribution in [0, 0.1) is 0 Å². The number of primary amides is 1. The molecule has 0 atom stereocenters. The fraction of sp³-hybridized carbons (Fsp3) is 0.200. The van der Waals surface area contributed by atoms with E-state index in [9.17, 15) is 9.59 Å². The number of rotatable bonds is 6. The van der Waals surface area contributed by atoms with E-state index in [-0.39, 0.29) is 18.2 Å². The molecular formula is C15H16N2O3. The van der Waals surface area contributed by atoms with Crippen LogP contribution < -0.4 is 11.1 Å².